The first-order valence-electron chi connectivity index (χ1n) is 5.06. The summed E-state index contributed by atoms with van der Waals surface area (Å²) in [6.45, 7) is 0. The highest BCUT2D eigenvalue weighted by Crippen LogP contribution is 2.33. The summed E-state index contributed by atoms with van der Waals surface area (Å²) < 4.78 is 29.4. The zero-order chi connectivity index (χ0) is 14.2. The number of benzene rings is 1. The maximum atomic E-state index is 12.2. The van der Waals surface area contributed by atoms with Gasteiger partial charge in [0.05, 0.1) is 17.6 Å². The summed E-state index contributed by atoms with van der Waals surface area (Å²) >= 11 is 6.55. The lowest BCUT2D eigenvalue weighted by atomic mass is 10.3. The number of nitrogen functional groups attached to an aromatic ring is 1. The van der Waals surface area contributed by atoms with Crippen LogP contribution >= 0.6 is 31.9 Å². The molecule has 0 aliphatic heterocycles. The van der Waals surface area contributed by atoms with Crippen LogP contribution in [-0.4, -0.2) is 18.2 Å². The van der Waals surface area contributed by atoms with Crippen molar-refractivity contribution < 1.29 is 8.42 Å². The molecule has 0 aliphatic rings. The number of aryl methyl sites for hydroxylation is 1. The number of hydrogen-bond donors (Lipinski definition) is 2. The normalized spacial score (nSPS) is 11.5. The zero-order valence-corrected chi connectivity index (χ0v) is 13.8. The average molecular weight is 410 g/mol. The third-order valence-electron chi connectivity index (χ3n) is 2.37. The smallest absolute Gasteiger partial charge is 0.279 e. The fourth-order valence-corrected chi connectivity index (χ4v) is 4.24. The zero-order valence-electron chi connectivity index (χ0n) is 9.76. The molecule has 6 nitrogen and oxygen atoms in total. The first kappa shape index (κ1) is 14.4. The number of nitrogens with two attached hydrogens (primary N) is 1. The Hall–Kier alpha value is -1.06. The highest BCUT2D eigenvalue weighted by atomic mass is 79.9. The molecule has 19 heavy (non-hydrogen) atoms. The van der Waals surface area contributed by atoms with E-state index >= 15 is 0 Å². The molecule has 0 bridgehead atoms. The standard InChI is InChI=1S/C10H10Br2N4O2S/c1-16-9(2-3-14-16)19(17,18)15-10-7(12)4-6(11)5-8(10)13/h2-5,15H,13H2,1H3. The molecule has 0 unspecified atom stereocenters. The van der Waals surface area contributed by atoms with Gasteiger partial charge in [-0.1, -0.05) is 15.9 Å². The van der Waals surface area contributed by atoms with Gasteiger partial charge in [0.1, 0.15) is 0 Å². The first-order valence-corrected chi connectivity index (χ1v) is 8.13. The maximum absolute atomic E-state index is 12.2. The monoisotopic (exact) mass is 408 g/mol. The van der Waals surface area contributed by atoms with Gasteiger partial charge in [-0.15, -0.1) is 0 Å². The molecule has 2 rings (SSSR count). The Morgan fingerprint density at radius 3 is 2.58 bits per heavy atom. The van der Waals surface area contributed by atoms with E-state index in [2.05, 4.69) is 41.7 Å². The van der Waals surface area contributed by atoms with E-state index in [1.165, 1.54) is 16.9 Å². The van der Waals surface area contributed by atoms with Gasteiger partial charge in [0, 0.05) is 16.0 Å². The van der Waals surface area contributed by atoms with Crippen molar-refractivity contribution in [1.29, 1.82) is 0 Å². The van der Waals surface area contributed by atoms with E-state index in [4.69, 9.17) is 5.73 Å². The van der Waals surface area contributed by atoms with Gasteiger partial charge in [-0.25, -0.2) is 0 Å². The maximum Gasteiger partial charge on any atom is 0.279 e. The molecule has 1 aromatic heterocycles. The Morgan fingerprint density at radius 2 is 2.05 bits per heavy atom. The predicted molar refractivity (Wildman–Crippen MR) is 80.3 cm³/mol. The number of rotatable bonds is 3. The molecule has 0 saturated carbocycles. The van der Waals surface area contributed by atoms with Crippen LogP contribution in [0.3, 0.4) is 0 Å². The van der Waals surface area contributed by atoms with Crippen molar-refractivity contribution in [2.24, 2.45) is 7.05 Å². The number of nitrogens with zero attached hydrogens (tertiary/aromatic N) is 2. The Labute approximate surface area is 127 Å². The topological polar surface area (TPSA) is 90.0 Å². The SMILES string of the molecule is Cn1nccc1S(=O)(=O)Nc1c(N)cc(Br)cc1Br. The molecule has 102 valence electrons. The number of anilines is 2. The summed E-state index contributed by atoms with van der Waals surface area (Å²) in [6.07, 6.45) is 1.41. The van der Waals surface area contributed by atoms with Crippen LogP contribution in [0.25, 0.3) is 0 Å². The van der Waals surface area contributed by atoms with E-state index in [1.54, 1.807) is 19.2 Å². The first-order chi connectivity index (χ1) is 8.81. The summed E-state index contributed by atoms with van der Waals surface area (Å²) in [5, 5.41) is 3.89. The second-order valence-corrected chi connectivity index (χ2v) is 7.15. The number of halogens is 2. The highest BCUT2D eigenvalue weighted by Gasteiger charge is 2.20. The quantitative estimate of drug-likeness (QED) is 0.761. The molecule has 0 aliphatic carbocycles. The summed E-state index contributed by atoms with van der Waals surface area (Å²) in [5.41, 5.74) is 6.42. The molecule has 0 amide bonds. The Kier molecular flexibility index (Phi) is 3.88. The van der Waals surface area contributed by atoms with Crippen molar-refractivity contribution in [3.05, 3.63) is 33.3 Å². The average Bonchev–Trinajstić information content (AvgIpc) is 2.70. The van der Waals surface area contributed by atoms with E-state index in [1.807, 2.05) is 0 Å². The van der Waals surface area contributed by atoms with E-state index in [0.717, 1.165) is 4.47 Å². The minimum atomic E-state index is -3.73. The van der Waals surface area contributed by atoms with Crippen LogP contribution in [0.15, 0.2) is 38.4 Å². The Bertz CT molecular complexity index is 704. The van der Waals surface area contributed by atoms with Crippen LogP contribution in [-0.2, 0) is 17.1 Å². The van der Waals surface area contributed by atoms with E-state index in [9.17, 15) is 8.42 Å². The lowest BCUT2D eigenvalue weighted by Crippen LogP contribution is -2.17. The second kappa shape index (κ2) is 5.14. The lowest BCUT2D eigenvalue weighted by molar-refractivity contribution is 0.582. The molecular formula is C10H10Br2N4O2S. The molecule has 1 heterocycles. The summed E-state index contributed by atoms with van der Waals surface area (Å²) in [4.78, 5) is 0. The largest absolute Gasteiger partial charge is 0.397 e. The van der Waals surface area contributed by atoms with Gasteiger partial charge in [0.25, 0.3) is 10.0 Å². The number of sulfonamides is 1. The predicted octanol–water partition coefficient (Wildman–Crippen LogP) is 2.33. The summed E-state index contributed by atoms with van der Waals surface area (Å²) in [7, 11) is -2.18. The van der Waals surface area contributed by atoms with Crippen LogP contribution in [0.5, 0.6) is 0 Å². The van der Waals surface area contributed by atoms with Gasteiger partial charge in [-0.2, -0.15) is 13.5 Å². The van der Waals surface area contributed by atoms with Crippen LogP contribution in [0.2, 0.25) is 0 Å². The van der Waals surface area contributed by atoms with Gasteiger partial charge >= 0.3 is 0 Å². The fraction of sp³-hybridized carbons (Fsp3) is 0.100. The third-order valence-corrected chi connectivity index (χ3v) is 4.88. The van der Waals surface area contributed by atoms with Gasteiger partial charge in [0.15, 0.2) is 5.03 Å². The molecule has 9 heteroatoms. The molecule has 0 radical (unpaired) electrons. The van der Waals surface area contributed by atoms with Crippen molar-refractivity contribution in [3.8, 4) is 0 Å². The number of aromatic nitrogens is 2. The van der Waals surface area contributed by atoms with Crippen molar-refractivity contribution in [2.45, 2.75) is 5.03 Å². The number of nitrogens with one attached hydrogen (secondary N) is 1. The van der Waals surface area contributed by atoms with Crippen molar-refractivity contribution in [3.63, 3.8) is 0 Å². The Balaban J connectivity index is 2.45. The summed E-state index contributed by atoms with van der Waals surface area (Å²) in [6, 6.07) is 4.73. The molecule has 3 N–H and O–H groups in total. The van der Waals surface area contributed by atoms with E-state index in [-0.39, 0.29) is 5.03 Å². The number of hydrogen-bond acceptors (Lipinski definition) is 4. The van der Waals surface area contributed by atoms with Crippen LogP contribution < -0.4 is 10.5 Å². The van der Waals surface area contributed by atoms with Gasteiger partial charge < -0.3 is 5.73 Å². The molecule has 0 saturated heterocycles. The highest BCUT2D eigenvalue weighted by molar-refractivity contribution is 9.11. The van der Waals surface area contributed by atoms with Crippen LogP contribution in [0, 0.1) is 0 Å². The molecule has 0 spiro atoms. The van der Waals surface area contributed by atoms with E-state index < -0.39 is 10.0 Å². The minimum absolute atomic E-state index is 0.0571. The van der Waals surface area contributed by atoms with Gasteiger partial charge in [-0.05, 0) is 34.1 Å². The molecule has 2 aromatic rings. The molecule has 0 atom stereocenters. The Morgan fingerprint density at radius 1 is 1.37 bits per heavy atom. The third kappa shape index (κ3) is 2.93. The van der Waals surface area contributed by atoms with Crippen LogP contribution in [0.4, 0.5) is 11.4 Å². The molecule has 0 fully saturated rings. The minimum Gasteiger partial charge on any atom is -0.397 e. The van der Waals surface area contributed by atoms with Crippen LogP contribution in [0.1, 0.15) is 0 Å². The van der Waals surface area contributed by atoms with E-state index in [0.29, 0.717) is 15.8 Å². The fourth-order valence-electron chi connectivity index (χ4n) is 1.51. The van der Waals surface area contributed by atoms with Crippen molar-refractivity contribution >= 4 is 53.3 Å². The summed E-state index contributed by atoms with van der Waals surface area (Å²) in [5.74, 6) is 0. The van der Waals surface area contributed by atoms with Crippen molar-refractivity contribution in [2.75, 3.05) is 10.5 Å². The lowest BCUT2D eigenvalue weighted by Gasteiger charge is -2.12. The van der Waals surface area contributed by atoms with Gasteiger partial charge in [-0.3, -0.25) is 9.40 Å². The molecule has 1 aromatic carbocycles. The second-order valence-electron chi connectivity index (χ2n) is 3.75. The van der Waals surface area contributed by atoms with Crippen molar-refractivity contribution in [1.82, 2.24) is 9.78 Å². The van der Waals surface area contributed by atoms with Gasteiger partial charge in [0.2, 0.25) is 0 Å². The molecular weight excluding hydrogens is 400 g/mol.